The molecule has 0 aliphatic heterocycles. The summed E-state index contributed by atoms with van der Waals surface area (Å²) in [6.45, 7) is 4.78. The van der Waals surface area contributed by atoms with Gasteiger partial charge in [0.15, 0.2) is 0 Å². The first-order valence-electron chi connectivity index (χ1n) is 49.3. The maximum absolute atomic E-state index is 2.41. The standard InChI is InChI=1S/C74H49NS.C64H45NS/c1-4-20-50(21-5-1)51-38-44-56(45-39-51)75(58-48-42-53(43-49-58)60-29-18-30-62-61-26-11-17-37-70(61)76-72(60)62)57-46-40-52(41-47-57)59-28-19-36-69-71(59)63-27-10-12-31-64(63)74(69)67-34-15-13-32-65(67)73(54-22-6-2-7-23-54,55-24-8-3-9-25-55)66-33-14-16-35-68(66)74;1-63(2)55-24-9-11-26-57(55)64(58-27-12-10-25-56(58)63)54-23-8-6-19-53(54)61-49(20-15-28-59(61)64)44-32-38-47(39-33-44)65(46-36-30-43(31-37-46)42-16-4-3-5-17-42)48-40-34-45(35-41-48)50-21-14-22-52-51-18-7-13-29-60(51)66-62(50)52/h1-49H;3-41H,1-2H3. The molecule has 2 nitrogen and oxygen atoms in total. The second kappa shape index (κ2) is 33.9. The minimum atomic E-state index is -0.570. The van der Waals surface area contributed by atoms with Gasteiger partial charge in [0, 0.05) is 79.9 Å². The van der Waals surface area contributed by atoms with E-state index < -0.39 is 16.2 Å². The third kappa shape index (κ3) is 13.0. The molecule has 4 aliphatic carbocycles. The van der Waals surface area contributed by atoms with Gasteiger partial charge in [0.05, 0.1) is 16.2 Å². The normalized spacial score (nSPS) is 13.6. The van der Waals surface area contributed by atoms with E-state index in [1.165, 1.54) is 207 Å². The predicted molar refractivity (Wildman–Crippen MR) is 599 cm³/mol. The maximum Gasteiger partial charge on any atom is 0.0720 e. The molecule has 0 atom stereocenters. The lowest BCUT2D eigenvalue weighted by molar-refractivity contribution is 0.563. The number of thiophene rings is 2. The van der Waals surface area contributed by atoms with Gasteiger partial charge in [-0.05, 0) is 252 Å². The smallest absolute Gasteiger partial charge is 0.0720 e. The summed E-state index contributed by atoms with van der Waals surface area (Å²) < 4.78 is 5.29. The van der Waals surface area contributed by atoms with Crippen LogP contribution in [0, 0.1) is 0 Å². The molecule has 0 N–H and O–H groups in total. The molecule has 0 saturated carbocycles. The molecule has 24 aromatic rings. The highest BCUT2D eigenvalue weighted by atomic mass is 32.1. The SMILES string of the molecule is CC1(C)c2ccccc2C2(c3ccccc3-c3c(-c4ccc(N(c5ccc(-c6ccccc6)cc5)c5ccc(-c6cccc7c6sc6ccccc67)cc5)cc4)cccc32)c2ccccc21.c1ccc(-c2ccc(N(c3ccc(-c4cccc5c4-c4ccccc4C54c5ccccc5C(c5ccccc5)(c5ccccc5)c5ccccc54)cc3)c3ccc(-c4cccc5c4sc4ccccc45)cc3)cc2)cc1. The van der Waals surface area contributed by atoms with Crippen molar-refractivity contribution in [1.29, 1.82) is 0 Å². The number of anilines is 6. The Morgan fingerprint density at radius 3 is 0.725 bits per heavy atom. The molecule has 2 aromatic heterocycles. The summed E-state index contributed by atoms with van der Waals surface area (Å²) in [5.41, 5.74) is 43.4. The van der Waals surface area contributed by atoms with Crippen LogP contribution >= 0.6 is 22.7 Å². The van der Waals surface area contributed by atoms with Crippen molar-refractivity contribution in [3.05, 3.63) is 612 Å². The van der Waals surface area contributed by atoms with Gasteiger partial charge in [-0.25, -0.2) is 0 Å². The van der Waals surface area contributed by atoms with Crippen molar-refractivity contribution in [2.24, 2.45) is 0 Å². The molecule has 4 aliphatic rings. The molecular weight excluding hydrogens is 1750 g/mol. The molecule has 22 aromatic carbocycles. The van der Waals surface area contributed by atoms with Crippen molar-refractivity contribution in [1.82, 2.24) is 0 Å². The Labute approximate surface area is 836 Å². The first kappa shape index (κ1) is 84.2. The van der Waals surface area contributed by atoms with E-state index in [9.17, 15) is 0 Å². The van der Waals surface area contributed by atoms with Crippen LogP contribution in [0.4, 0.5) is 34.1 Å². The summed E-state index contributed by atoms with van der Waals surface area (Å²) >= 11 is 3.76. The first-order chi connectivity index (χ1) is 70.2. The fourth-order valence-electron chi connectivity index (χ4n) is 24.9. The molecule has 142 heavy (non-hydrogen) atoms. The summed E-state index contributed by atoms with van der Waals surface area (Å²) in [7, 11) is 0. The lowest BCUT2D eigenvalue weighted by Crippen LogP contribution is -2.44. The first-order valence-corrected chi connectivity index (χ1v) is 51.0. The van der Waals surface area contributed by atoms with E-state index in [0.29, 0.717) is 0 Å². The molecule has 28 rings (SSSR count). The second-order valence-corrected chi connectivity index (χ2v) is 40.7. The number of hydrogen-bond donors (Lipinski definition) is 0. The fraction of sp³-hybridized carbons (Fsp3) is 0.0435. The Balaban J connectivity index is 0.000000143. The van der Waals surface area contributed by atoms with Crippen molar-refractivity contribution < 1.29 is 0 Å². The third-order valence-electron chi connectivity index (χ3n) is 31.1. The van der Waals surface area contributed by atoms with Gasteiger partial charge in [0.25, 0.3) is 0 Å². The van der Waals surface area contributed by atoms with E-state index in [-0.39, 0.29) is 5.41 Å². The molecule has 2 spiro atoms. The van der Waals surface area contributed by atoms with Gasteiger partial charge >= 0.3 is 0 Å². The van der Waals surface area contributed by atoms with Gasteiger partial charge in [0.1, 0.15) is 0 Å². The van der Waals surface area contributed by atoms with Gasteiger partial charge in [0.2, 0.25) is 0 Å². The second-order valence-electron chi connectivity index (χ2n) is 38.6. The van der Waals surface area contributed by atoms with E-state index in [2.05, 4.69) is 557 Å². The van der Waals surface area contributed by atoms with Crippen LogP contribution in [0.5, 0.6) is 0 Å². The van der Waals surface area contributed by atoms with Crippen LogP contribution in [0.25, 0.3) is 129 Å². The summed E-state index contributed by atoms with van der Waals surface area (Å²) in [6, 6.07) is 199. The molecule has 4 heteroatoms. The van der Waals surface area contributed by atoms with E-state index >= 15 is 0 Å². The summed E-state index contributed by atoms with van der Waals surface area (Å²) in [6.07, 6.45) is 0. The van der Waals surface area contributed by atoms with Crippen LogP contribution in [-0.4, -0.2) is 0 Å². The molecule has 668 valence electrons. The van der Waals surface area contributed by atoms with Crippen LogP contribution in [-0.2, 0) is 21.7 Å². The van der Waals surface area contributed by atoms with Crippen LogP contribution in [0.15, 0.2) is 534 Å². The molecular formula is C138H94N2S2. The third-order valence-corrected chi connectivity index (χ3v) is 33.5. The van der Waals surface area contributed by atoms with Gasteiger partial charge < -0.3 is 9.80 Å². The van der Waals surface area contributed by atoms with E-state index in [0.717, 1.165) is 34.1 Å². The predicted octanol–water partition coefficient (Wildman–Crippen LogP) is 37.1. The molecule has 0 fully saturated rings. The zero-order valence-electron chi connectivity index (χ0n) is 78.5. The quantitative estimate of drug-likeness (QED) is 0.107. The number of benzene rings is 22. The van der Waals surface area contributed by atoms with Crippen LogP contribution in [0.3, 0.4) is 0 Å². The highest BCUT2D eigenvalue weighted by Crippen LogP contribution is 2.68. The van der Waals surface area contributed by atoms with Gasteiger partial charge in [-0.15, -0.1) is 22.7 Å². The highest BCUT2D eigenvalue weighted by Gasteiger charge is 2.58. The average molecular weight is 1840 g/mol. The fourth-order valence-corrected chi connectivity index (χ4v) is 27.4. The molecule has 0 unspecified atom stereocenters. The topological polar surface area (TPSA) is 6.48 Å². The maximum atomic E-state index is 2.41. The number of fused-ring (bicyclic) bond motifs is 24. The summed E-state index contributed by atoms with van der Waals surface area (Å²) in [5.74, 6) is 0. The molecule has 0 saturated heterocycles. The molecule has 0 radical (unpaired) electrons. The average Bonchev–Trinajstić information content (AvgIpc) is 1.43. The van der Waals surface area contributed by atoms with E-state index in [1.807, 2.05) is 22.7 Å². The Morgan fingerprint density at radius 1 is 0.155 bits per heavy atom. The van der Waals surface area contributed by atoms with Crippen LogP contribution in [0.2, 0.25) is 0 Å². The largest absolute Gasteiger partial charge is 0.311 e. The molecule has 0 amide bonds. The number of nitrogens with zero attached hydrogens (tertiary/aromatic N) is 2. The van der Waals surface area contributed by atoms with Crippen LogP contribution in [0.1, 0.15) is 91.7 Å². The van der Waals surface area contributed by atoms with E-state index in [1.54, 1.807) is 0 Å². The minimum Gasteiger partial charge on any atom is -0.311 e. The van der Waals surface area contributed by atoms with Gasteiger partial charge in [-0.1, -0.05) is 463 Å². The van der Waals surface area contributed by atoms with Crippen molar-refractivity contribution in [2.75, 3.05) is 9.80 Å². The number of hydrogen-bond acceptors (Lipinski definition) is 4. The monoisotopic (exact) mass is 1840 g/mol. The van der Waals surface area contributed by atoms with E-state index in [4.69, 9.17) is 0 Å². The Kier molecular flexibility index (Phi) is 20.1. The van der Waals surface area contributed by atoms with Crippen molar-refractivity contribution in [2.45, 2.75) is 35.5 Å². The zero-order valence-corrected chi connectivity index (χ0v) is 80.2. The lowest BCUT2D eigenvalue weighted by Gasteiger charge is -2.50. The Hall–Kier alpha value is -17.1. The number of rotatable bonds is 14. The summed E-state index contributed by atoms with van der Waals surface area (Å²) in [5, 5.41) is 5.27. The molecule has 0 bridgehead atoms. The Morgan fingerprint density at radius 2 is 0.380 bits per heavy atom. The van der Waals surface area contributed by atoms with Gasteiger partial charge in [-0.2, -0.15) is 0 Å². The van der Waals surface area contributed by atoms with Gasteiger partial charge in [-0.3, -0.25) is 0 Å². The minimum absolute atomic E-state index is 0.134. The van der Waals surface area contributed by atoms with Crippen molar-refractivity contribution in [3.63, 3.8) is 0 Å². The van der Waals surface area contributed by atoms with Crippen LogP contribution < -0.4 is 9.80 Å². The highest BCUT2D eigenvalue weighted by molar-refractivity contribution is 7.26. The van der Waals surface area contributed by atoms with Crippen molar-refractivity contribution >= 4 is 97.1 Å². The zero-order chi connectivity index (χ0) is 94.2. The summed E-state index contributed by atoms with van der Waals surface area (Å²) in [4.78, 5) is 4.78. The molecule has 2 heterocycles. The Bertz CT molecular complexity index is 8870. The van der Waals surface area contributed by atoms with Crippen molar-refractivity contribution in [3.8, 4) is 89.0 Å². The lowest BCUT2D eigenvalue weighted by atomic mass is 9.51.